The van der Waals surface area contributed by atoms with Crippen LogP contribution >= 0.6 is 15.9 Å². The Balaban J connectivity index is 1.65. The van der Waals surface area contributed by atoms with Gasteiger partial charge in [0.1, 0.15) is 0 Å². The lowest BCUT2D eigenvalue weighted by Crippen LogP contribution is -2.61. The Morgan fingerprint density at radius 3 is 2.30 bits per heavy atom. The van der Waals surface area contributed by atoms with Crippen LogP contribution in [0.4, 0.5) is 5.69 Å². The molecule has 2 aromatic carbocycles. The first kappa shape index (κ1) is 18.7. The number of nitrogens with zero attached hydrogens (tertiary/aromatic N) is 2. The van der Waals surface area contributed by atoms with Crippen LogP contribution < -0.4 is 4.90 Å². The topological polar surface area (TPSA) is 57.7 Å². The molecule has 4 rings (SSSR count). The Morgan fingerprint density at radius 1 is 1.00 bits per heavy atom. The van der Waals surface area contributed by atoms with Crippen molar-refractivity contribution in [3.05, 3.63) is 64.1 Å². The third-order valence-corrected chi connectivity index (χ3v) is 7.54. The number of benzene rings is 2. The maximum Gasteiger partial charge on any atom is 0.241 e. The Kier molecular flexibility index (Phi) is 4.86. The van der Waals surface area contributed by atoms with Crippen LogP contribution in [0, 0.1) is 6.92 Å². The van der Waals surface area contributed by atoms with Gasteiger partial charge in [0.15, 0.2) is 9.84 Å². The molecule has 0 unspecified atom stereocenters. The molecule has 0 radical (unpaired) electrons. The summed E-state index contributed by atoms with van der Waals surface area (Å²) >= 11 is 3.40. The van der Waals surface area contributed by atoms with E-state index in [0.29, 0.717) is 6.54 Å². The maximum absolute atomic E-state index is 13.0. The average Bonchev–Trinajstić information content (AvgIpc) is 2.93. The summed E-state index contributed by atoms with van der Waals surface area (Å²) in [5, 5.41) is 0. The van der Waals surface area contributed by atoms with Gasteiger partial charge in [-0.15, -0.1) is 0 Å². The normalized spacial score (nSPS) is 24.8. The molecule has 7 heteroatoms. The first-order valence-electron chi connectivity index (χ1n) is 8.90. The van der Waals surface area contributed by atoms with Gasteiger partial charge in [-0.05, 0) is 36.8 Å². The molecule has 1 amide bonds. The molecular weight excluding hydrogens is 428 g/mol. The molecule has 0 aliphatic carbocycles. The Morgan fingerprint density at radius 2 is 1.63 bits per heavy atom. The number of hydrogen-bond acceptors (Lipinski definition) is 4. The minimum atomic E-state index is -3.18. The first-order chi connectivity index (χ1) is 12.8. The third kappa shape index (κ3) is 3.81. The molecule has 27 heavy (non-hydrogen) atoms. The molecule has 5 nitrogen and oxygen atoms in total. The number of carbonyl (C=O) groups is 1. The van der Waals surface area contributed by atoms with Gasteiger partial charge >= 0.3 is 0 Å². The van der Waals surface area contributed by atoms with Crippen LogP contribution in [0.3, 0.4) is 0 Å². The minimum Gasteiger partial charge on any atom is -0.306 e. The first-order valence-corrected chi connectivity index (χ1v) is 11.5. The molecule has 0 aromatic heterocycles. The van der Waals surface area contributed by atoms with E-state index in [4.69, 9.17) is 0 Å². The fourth-order valence-electron chi connectivity index (χ4n) is 4.00. The van der Waals surface area contributed by atoms with E-state index in [1.165, 1.54) is 5.56 Å². The quantitative estimate of drug-likeness (QED) is 0.724. The molecule has 2 aliphatic rings. The van der Waals surface area contributed by atoms with Crippen LogP contribution in [0.2, 0.25) is 0 Å². The molecule has 2 heterocycles. The van der Waals surface area contributed by atoms with Gasteiger partial charge in [-0.3, -0.25) is 9.69 Å². The van der Waals surface area contributed by atoms with E-state index in [0.717, 1.165) is 15.7 Å². The Labute approximate surface area is 168 Å². The molecule has 142 valence electrons. The predicted molar refractivity (Wildman–Crippen MR) is 109 cm³/mol. The van der Waals surface area contributed by atoms with Gasteiger partial charge in [-0.1, -0.05) is 45.8 Å². The molecule has 2 fully saturated rings. The van der Waals surface area contributed by atoms with Crippen molar-refractivity contribution >= 4 is 37.4 Å². The third-order valence-electron chi connectivity index (χ3n) is 5.31. The number of halogens is 1. The van der Waals surface area contributed by atoms with Gasteiger partial charge in [0.05, 0.1) is 24.1 Å². The Hall–Kier alpha value is -1.70. The summed E-state index contributed by atoms with van der Waals surface area (Å²) in [6, 6.07) is 15.1. The number of amides is 1. The number of piperazine rings is 1. The molecule has 0 N–H and O–H groups in total. The van der Waals surface area contributed by atoms with Crippen LogP contribution in [-0.4, -0.2) is 49.4 Å². The van der Waals surface area contributed by atoms with Crippen molar-refractivity contribution in [3.8, 4) is 0 Å². The van der Waals surface area contributed by atoms with Gasteiger partial charge in [0.25, 0.3) is 0 Å². The number of carbonyl (C=O) groups excluding carboxylic acids is 1. The summed E-state index contributed by atoms with van der Waals surface area (Å²) < 4.78 is 25.7. The zero-order valence-electron chi connectivity index (χ0n) is 15.0. The van der Waals surface area contributed by atoms with Crippen molar-refractivity contribution in [1.82, 2.24) is 4.90 Å². The second-order valence-corrected chi connectivity index (χ2v) is 10.4. The number of rotatable bonds is 3. The number of sulfone groups is 1. The van der Waals surface area contributed by atoms with Gasteiger partial charge in [0, 0.05) is 22.7 Å². The molecule has 2 aliphatic heterocycles. The number of fused-ring (bicyclic) bond motifs is 1. The monoisotopic (exact) mass is 448 g/mol. The predicted octanol–water partition coefficient (Wildman–Crippen LogP) is 2.77. The lowest BCUT2D eigenvalue weighted by Gasteiger charge is -2.43. The van der Waals surface area contributed by atoms with Crippen molar-refractivity contribution in [2.24, 2.45) is 0 Å². The van der Waals surface area contributed by atoms with Crippen molar-refractivity contribution in [3.63, 3.8) is 0 Å². The van der Waals surface area contributed by atoms with Gasteiger partial charge in [0.2, 0.25) is 5.91 Å². The van der Waals surface area contributed by atoms with Crippen molar-refractivity contribution in [2.45, 2.75) is 25.6 Å². The summed E-state index contributed by atoms with van der Waals surface area (Å²) in [5.41, 5.74) is 3.02. The fraction of sp³-hybridized carbons (Fsp3) is 0.350. The lowest BCUT2D eigenvalue weighted by molar-refractivity contribution is -0.123. The number of hydrogen-bond donors (Lipinski definition) is 0. The van der Waals surface area contributed by atoms with Crippen molar-refractivity contribution < 1.29 is 13.2 Å². The summed E-state index contributed by atoms with van der Waals surface area (Å²) in [6.07, 6.45) is 0. The second-order valence-electron chi connectivity index (χ2n) is 7.34. The summed E-state index contributed by atoms with van der Waals surface area (Å²) in [6.45, 7) is 2.83. The summed E-state index contributed by atoms with van der Waals surface area (Å²) in [7, 11) is -3.18. The summed E-state index contributed by atoms with van der Waals surface area (Å²) in [4.78, 5) is 16.7. The maximum atomic E-state index is 13.0. The van der Waals surface area contributed by atoms with E-state index in [2.05, 4.69) is 15.9 Å². The SMILES string of the molecule is Cc1ccc(CN2CC(=O)N(c3ccc(Br)cc3)[C@@H]3CS(=O)(=O)C[C@@H]32)cc1. The smallest absolute Gasteiger partial charge is 0.241 e. The highest BCUT2D eigenvalue weighted by Gasteiger charge is 2.49. The van der Waals surface area contributed by atoms with Gasteiger partial charge < -0.3 is 4.90 Å². The minimum absolute atomic E-state index is 0.0177. The molecule has 0 bridgehead atoms. The molecule has 0 saturated carbocycles. The number of aryl methyl sites for hydroxylation is 1. The van der Waals surface area contributed by atoms with Gasteiger partial charge in [-0.2, -0.15) is 0 Å². The Bertz CT molecular complexity index is 958. The van der Waals surface area contributed by atoms with E-state index in [1.54, 1.807) is 4.90 Å². The zero-order chi connectivity index (χ0) is 19.2. The molecule has 2 atom stereocenters. The highest BCUT2D eigenvalue weighted by Crippen LogP contribution is 2.33. The highest BCUT2D eigenvalue weighted by atomic mass is 79.9. The standard InChI is InChI=1S/C20H21BrN2O3S/c1-14-2-4-15(5-3-14)10-22-11-20(24)23(17-8-6-16(21)7-9-17)19-13-27(25,26)12-18(19)22/h2-9,18-19H,10-13H2,1H3/t18-,19+/m0/s1. The van der Waals surface area contributed by atoms with Crippen LogP contribution in [0.5, 0.6) is 0 Å². The number of anilines is 1. The molecule has 2 aromatic rings. The van der Waals surface area contributed by atoms with Crippen molar-refractivity contribution in [1.29, 1.82) is 0 Å². The van der Waals surface area contributed by atoms with Crippen LogP contribution in [0.1, 0.15) is 11.1 Å². The van der Waals surface area contributed by atoms with Crippen LogP contribution in [0.25, 0.3) is 0 Å². The zero-order valence-corrected chi connectivity index (χ0v) is 17.4. The van der Waals surface area contributed by atoms with E-state index in [9.17, 15) is 13.2 Å². The molecule has 2 saturated heterocycles. The average molecular weight is 449 g/mol. The second kappa shape index (κ2) is 7.04. The van der Waals surface area contributed by atoms with E-state index in [1.807, 2.05) is 60.4 Å². The lowest BCUT2D eigenvalue weighted by atomic mass is 10.0. The van der Waals surface area contributed by atoms with E-state index >= 15 is 0 Å². The van der Waals surface area contributed by atoms with Crippen molar-refractivity contribution in [2.75, 3.05) is 23.0 Å². The molecular formula is C20H21BrN2O3S. The fourth-order valence-corrected chi connectivity index (χ4v) is 6.24. The summed E-state index contributed by atoms with van der Waals surface area (Å²) in [5.74, 6) is 0.0658. The van der Waals surface area contributed by atoms with E-state index in [-0.39, 0.29) is 36.0 Å². The van der Waals surface area contributed by atoms with Gasteiger partial charge in [-0.25, -0.2) is 8.42 Å². The molecule has 0 spiro atoms. The largest absolute Gasteiger partial charge is 0.306 e. The van der Waals surface area contributed by atoms with E-state index < -0.39 is 9.84 Å². The van der Waals surface area contributed by atoms with Crippen LogP contribution in [0.15, 0.2) is 53.0 Å². The van der Waals surface area contributed by atoms with Crippen LogP contribution in [-0.2, 0) is 21.2 Å². The highest BCUT2D eigenvalue weighted by molar-refractivity contribution is 9.10.